The van der Waals surface area contributed by atoms with Crippen LogP contribution in [0.25, 0.3) is 0 Å². The van der Waals surface area contributed by atoms with E-state index in [0.29, 0.717) is 5.92 Å². The summed E-state index contributed by atoms with van der Waals surface area (Å²) in [5, 5.41) is 0. The van der Waals surface area contributed by atoms with Gasteiger partial charge in [-0.3, -0.25) is 0 Å². The van der Waals surface area contributed by atoms with Crippen molar-refractivity contribution >= 4 is 0 Å². The van der Waals surface area contributed by atoms with E-state index in [1.807, 2.05) is 0 Å². The van der Waals surface area contributed by atoms with Crippen LogP contribution in [0.15, 0.2) is 6.20 Å². The highest BCUT2D eigenvalue weighted by Gasteiger charge is 2.17. The first-order valence-corrected chi connectivity index (χ1v) is 5.70. The van der Waals surface area contributed by atoms with Crippen LogP contribution in [0.2, 0.25) is 0 Å². The predicted octanol–water partition coefficient (Wildman–Crippen LogP) is 2.66. The Morgan fingerprint density at radius 1 is 1.57 bits per heavy atom. The fraction of sp³-hybridized carbons (Fsp3) is 0.750. The summed E-state index contributed by atoms with van der Waals surface area (Å²) < 4.78 is 2.35. The van der Waals surface area contributed by atoms with E-state index in [4.69, 9.17) is 0 Å². The van der Waals surface area contributed by atoms with Crippen molar-refractivity contribution in [2.75, 3.05) is 0 Å². The first-order chi connectivity index (χ1) is 6.65. The number of nitrogens with zero attached hydrogens (tertiary/aromatic N) is 2. The molecule has 2 heterocycles. The normalized spacial score (nSPS) is 21.3. The lowest BCUT2D eigenvalue weighted by Crippen LogP contribution is -2.17. The predicted molar refractivity (Wildman–Crippen MR) is 58.3 cm³/mol. The third kappa shape index (κ3) is 1.99. The molecule has 0 saturated heterocycles. The van der Waals surface area contributed by atoms with Crippen molar-refractivity contribution in [2.24, 2.45) is 11.8 Å². The first-order valence-electron chi connectivity index (χ1n) is 5.70. The van der Waals surface area contributed by atoms with Crippen molar-refractivity contribution < 1.29 is 0 Å². The highest BCUT2D eigenvalue weighted by Crippen LogP contribution is 2.20. The maximum atomic E-state index is 4.69. The molecule has 1 aliphatic heterocycles. The zero-order valence-electron chi connectivity index (χ0n) is 9.45. The molecule has 1 aromatic rings. The summed E-state index contributed by atoms with van der Waals surface area (Å²) in [6.07, 6.45) is 5.84. The summed E-state index contributed by atoms with van der Waals surface area (Å²) >= 11 is 0. The van der Waals surface area contributed by atoms with E-state index in [1.165, 1.54) is 30.9 Å². The standard InChI is InChI=1S/C12H20N2/c1-9(2)6-11-8-14-7-10(3)4-5-12(14)13-11/h8-10H,4-7H2,1-3H3. The second-order valence-corrected chi connectivity index (χ2v) is 5.04. The Bertz CT molecular complexity index is 312. The maximum absolute atomic E-state index is 4.69. The van der Waals surface area contributed by atoms with Gasteiger partial charge >= 0.3 is 0 Å². The van der Waals surface area contributed by atoms with Crippen molar-refractivity contribution in [1.29, 1.82) is 0 Å². The molecule has 0 bridgehead atoms. The minimum absolute atomic E-state index is 0.712. The third-order valence-electron chi connectivity index (χ3n) is 2.90. The van der Waals surface area contributed by atoms with Crippen LogP contribution in [0.4, 0.5) is 0 Å². The summed E-state index contributed by atoms with van der Waals surface area (Å²) in [4.78, 5) is 4.69. The highest BCUT2D eigenvalue weighted by molar-refractivity contribution is 5.07. The molecule has 1 aliphatic rings. The summed E-state index contributed by atoms with van der Waals surface area (Å²) in [5.41, 5.74) is 1.28. The number of hydrogen-bond acceptors (Lipinski definition) is 1. The third-order valence-corrected chi connectivity index (χ3v) is 2.90. The van der Waals surface area contributed by atoms with E-state index in [9.17, 15) is 0 Å². The Labute approximate surface area is 86.3 Å². The van der Waals surface area contributed by atoms with Crippen LogP contribution in [-0.4, -0.2) is 9.55 Å². The van der Waals surface area contributed by atoms with Crippen molar-refractivity contribution in [3.8, 4) is 0 Å². The summed E-state index contributed by atoms with van der Waals surface area (Å²) in [6, 6.07) is 0. The Balaban J connectivity index is 2.15. The van der Waals surface area contributed by atoms with E-state index in [1.54, 1.807) is 0 Å². The highest BCUT2D eigenvalue weighted by atomic mass is 15.1. The van der Waals surface area contributed by atoms with Gasteiger partial charge in [-0.15, -0.1) is 0 Å². The van der Waals surface area contributed by atoms with Gasteiger partial charge in [0.25, 0.3) is 0 Å². The molecule has 0 radical (unpaired) electrons. The van der Waals surface area contributed by atoms with Gasteiger partial charge in [0.05, 0.1) is 5.69 Å². The van der Waals surface area contributed by atoms with Crippen molar-refractivity contribution in [3.63, 3.8) is 0 Å². The van der Waals surface area contributed by atoms with Crippen LogP contribution < -0.4 is 0 Å². The van der Waals surface area contributed by atoms with E-state index in [-0.39, 0.29) is 0 Å². The molecule has 0 spiro atoms. The molecule has 0 saturated carbocycles. The first kappa shape index (κ1) is 9.75. The number of fused-ring (bicyclic) bond motifs is 1. The molecule has 1 unspecified atom stereocenters. The van der Waals surface area contributed by atoms with Gasteiger partial charge in [0.1, 0.15) is 5.82 Å². The lowest BCUT2D eigenvalue weighted by molar-refractivity contribution is 0.394. The van der Waals surface area contributed by atoms with Crippen LogP contribution >= 0.6 is 0 Å². The second-order valence-electron chi connectivity index (χ2n) is 5.04. The van der Waals surface area contributed by atoms with Gasteiger partial charge in [-0.05, 0) is 24.7 Å². The number of rotatable bonds is 2. The molecule has 1 atom stereocenters. The molecular weight excluding hydrogens is 172 g/mol. The molecule has 2 rings (SSSR count). The molecule has 0 fully saturated rings. The molecule has 0 aromatic carbocycles. The quantitative estimate of drug-likeness (QED) is 0.704. The fourth-order valence-corrected chi connectivity index (χ4v) is 2.19. The minimum atomic E-state index is 0.712. The fourth-order valence-electron chi connectivity index (χ4n) is 2.19. The van der Waals surface area contributed by atoms with Crippen LogP contribution in [0, 0.1) is 11.8 Å². The summed E-state index contributed by atoms with van der Waals surface area (Å²) in [6.45, 7) is 7.99. The van der Waals surface area contributed by atoms with Gasteiger partial charge < -0.3 is 4.57 Å². The monoisotopic (exact) mass is 192 g/mol. The smallest absolute Gasteiger partial charge is 0.108 e. The van der Waals surface area contributed by atoms with Crippen molar-refractivity contribution in [3.05, 3.63) is 17.7 Å². The maximum Gasteiger partial charge on any atom is 0.108 e. The van der Waals surface area contributed by atoms with Crippen LogP contribution in [-0.2, 0) is 19.4 Å². The van der Waals surface area contributed by atoms with Gasteiger partial charge in [-0.1, -0.05) is 20.8 Å². The lowest BCUT2D eigenvalue weighted by atomic mass is 10.0. The molecule has 1 aromatic heterocycles. The Hall–Kier alpha value is -0.790. The van der Waals surface area contributed by atoms with E-state index >= 15 is 0 Å². The molecule has 2 heteroatoms. The van der Waals surface area contributed by atoms with Crippen molar-refractivity contribution in [1.82, 2.24) is 9.55 Å². The van der Waals surface area contributed by atoms with Gasteiger partial charge in [-0.2, -0.15) is 0 Å². The van der Waals surface area contributed by atoms with Gasteiger partial charge in [-0.25, -0.2) is 4.98 Å². The Kier molecular flexibility index (Phi) is 2.62. The average molecular weight is 192 g/mol. The van der Waals surface area contributed by atoms with E-state index in [0.717, 1.165) is 12.3 Å². The number of imidazole rings is 1. The largest absolute Gasteiger partial charge is 0.334 e. The topological polar surface area (TPSA) is 17.8 Å². The average Bonchev–Trinajstić information content (AvgIpc) is 2.44. The molecule has 2 nitrogen and oxygen atoms in total. The molecule has 78 valence electrons. The number of hydrogen-bond donors (Lipinski definition) is 0. The summed E-state index contributed by atoms with van der Waals surface area (Å²) in [5.74, 6) is 2.84. The SMILES string of the molecule is CC(C)Cc1cn2c(n1)CCC(C)C2. The molecular formula is C12H20N2. The van der Waals surface area contributed by atoms with E-state index < -0.39 is 0 Å². The minimum Gasteiger partial charge on any atom is -0.334 e. The zero-order chi connectivity index (χ0) is 10.1. The molecule has 14 heavy (non-hydrogen) atoms. The van der Waals surface area contributed by atoms with Crippen LogP contribution in [0.5, 0.6) is 0 Å². The van der Waals surface area contributed by atoms with Crippen LogP contribution in [0.3, 0.4) is 0 Å². The number of aromatic nitrogens is 2. The molecule has 0 amide bonds. The lowest BCUT2D eigenvalue weighted by Gasteiger charge is -2.19. The van der Waals surface area contributed by atoms with Gasteiger partial charge in [0.15, 0.2) is 0 Å². The molecule has 0 aliphatic carbocycles. The van der Waals surface area contributed by atoms with E-state index in [2.05, 4.69) is 36.5 Å². The zero-order valence-corrected chi connectivity index (χ0v) is 9.45. The second kappa shape index (κ2) is 3.76. The Morgan fingerprint density at radius 2 is 2.36 bits per heavy atom. The van der Waals surface area contributed by atoms with Crippen LogP contribution in [0.1, 0.15) is 38.7 Å². The van der Waals surface area contributed by atoms with Gasteiger partial charge in [0.2, 0.25) is 0 Å². The Morgan fingerprint density at radius 3 is 3.07 bits per heavy atom. The molecule has 0 N–H and O–H groups in total. The van der Waals surface area contributed by atoms with Crippen molar-refractivity contribution in [2.45, 2.75) is 46.6 Å². The van der Waals surface area contributed by atoms with Gasteiger partial charge in [0, 0.05) is 19.2 Å². The number of aryl methyl sites for hydroxylation is 1. The summed E-state index contributed by atoms with van der Waals surface area (Å²) in [7, 11) is 0.